The first-order valence-corrected chi connectivity index (χ1v) is 15.4. The molecule has 0 fully saturated rings. The summed E-state index contributed by atoms with van der Waals surface area (Å²) >= 11 is 3.78. The van der Waals surface area contributed by atoms with Crippen LogP contribution in [0.2, 0.25) is 0 Å². The maximum atomic E-state index is 6.23. The number of aryl methyl sites for hydroxylation is 1. The molecule has 0 atom stereocenters. The highest BCUT2D eigenvalue weighted by molar-refractivity contribution is 7.27. The number of hydrogen-bond donors (Lipinski definition) is 0. The Hall–Kier alpha value is -4.44. The molecule has 0 bridgehead atoms. The number of furan rings is 1. The van der Waals surface area contributed by atoms with Crippen molar-refractivity contribution in [2.45, 2.75) is 13.8 Å². The minimum absolute atomic E-state index is 0.908. The Morgan fingerprint density at radius 2 is 1.22 bits per heavy atom. The molecule has 0 saturated carbocycles. The predicted molar refractivity (Wildman–Crippen MR) is 183 cm³/mol. The summed E-state index contributed by atoms with van der Waals surface area (Å²) in [5.41, 5.74) is 7.88. The Morgan fingerprint density at radius 1 is 0.634 bits per heavy atom. The van der Waals surface area contributed by atoms with Crippen molar-refractivity contribution >= 4 is 90.5 Å². The third kappa shape index (κ3) is 3.88. The van der Waals surface area contributed by atoms with Crippen LogP contribution < -0.4 is 0 Å². The van der Waals surface area contributed by atoms with Crippen molar-refractivity contribution in [2.24, 2.45) is 0 Å². The molecule has 8 aromatic rings. The molecule has 3 aromatic heterocycles. The van der Waals surface area contributed by atoms with Gasteiger partial charge in [0.25, 0.3) is 0 Å². The van der Waals surface area contributed by atoms with Crippen LogP contribution in [-0.2, 0) is 0 Å². The maximum absolute atomic E-state index is 6.23. The van der Waals surface area contributed by atoms with E-state index in [1.165, 1.54) is 62.6 Å². The molecule has 0 aliphatic heterocycles. The molecule has 3 heteroatoms. The minimum Gasteiger partial charge on any atom is -0.456 e. The highest BCUT2D eigenvalue weighted by atomic mass is 32.1. The van der Waals surface area contributed by atoms with Crippen molar-refractivity contribution in [3.63, 3.8) is 0 Å². The monoisotopic (exact) mass is 562 g/mol. The Labute approximate surface area is 246 Å². The van der Waals surface area contributed by atoms with Crippen molar-refractivity contribution in [1.29, 1.82) is 0 Å². The lowest BCUT2D eigenvalue weighted by atomic mass is 9.99. The Morgan fingerprint density at radius 3 is 1.93 bits per heavy atom. The molecule has 0 saturated heterocycles. The standard InChI is InChI=1S/C38H26OS2/c1-4-6-7-23(5-2)24-9-12-33-27(17-24)28-18-25(10-13-34(28)39-33)26-11-15-36-30(19-26)32-21-37-31(20-38(32)41-36)29-16-22(3)8-14-35(29)40-37/h4-21H,1H2,2-3H3/b7-6-,23-5+. The first-order chi connectivity index (χ1) is 20.1. The van der Waals surface area contributed by atoms with Crippen LogP contribution in [0.1, 0.15) is 18.1 Å². The van der Waals surface area contributed by atoms with Gasteiger partial charge in [-0.2, -0.15) is 0 Å². The Kier molecular flexibility index (Phi) is 5.53. The lowest BCUT2D eigenvalue weighted by Gasteiger charge is -2.04. The van der Waals surface area contributed by atoms with Crippen LogP contribution >= 0.6 is 22.7 Å². The molecule has 0 amide bonds. The normalized spacial score (nSPS) is 12.8. The fourth-order valence-electron chi connectivity index (χ4n) is 6.01. The van der Waals surface area contributed by atoms with Gasteiger partial charge in [-0.25, -0.2) is 0 Å². The van der Waals surface area contributed by atoms with Crippen LogP contribution in [0.3, 0.4) is 0 Å². The molecular formula is C38H26OS2. The molecule has 0 aliphatic carbocycles. The zero-order valence-corrected chi connectivity index (χ0v) is 24.5. The zero-order valence-electron chi connectivity index (χ0n) is 22.8. The van der Waals surface area contributed by atoms with Crippen molar-refractivity contribution < 1.29 is 4.42 Å². The molecule has 0 aliphatic rings. The molecule has 5 aromatic carbocycles. The molecule has 0 N–H and O–H groups in total. The largest absolute Gasteiger partial charge is 0.456 e. The number of hydrogen-bond acceptors (Lipinski definition) is 3. The summed E-state index contributed by atoms with van der Waals surface area (Å²) in [6.07, 6.45) is 8.00. The van der Waals surface area contributed by atoms with E-state index in [1.54, 1.807) is 6.08 Å². The topological polar surface area (TPSA) is 13.1 Å². The SMILES string of the molecule is C=C/C=C\C(=C/C)c1ccc2oc3ccc(-c4ccc5sc6cc7c(cc6c5c4)sc4ccc(C)cc47)cc3c2c1. The van der Waals surface area contributed by atoms with E-state index in [0.717, 1.165) is 27.5 Å². The summed E-state index contributed by atoms with van der Waals surface area (Å²) in [7, 11) is 0. The van der Waals surface area contributed by atoms with Gasteiger partial charge < -0.3 is 4.42 Å². The maximum Gasteiger partial charge on any atom is 0.135 e. The fourth-order valence-corrected chi connectivity index (χ4v) is 8.22. The van der Waals surface area contributed by atoms with E-state index in [1.807, 2.05) is 28.7 Å². The number of allylic oxidation sites excluding steroid dienone is 5. The van der Waals surface area contributed by atoms with E-state index in [4.69, 9.17) is 4.42 Å². The first-order valence-electron chi connectivity index (χ1n) is 13.8. The second kappa shape index (κ2) is 9.31. The van der Waals surface area contributed by atoms with Gasteiger partial charge in [0.15, 0.2) is 0 Å². The molecule has 0 radical (unpaired) electrons. The van der Waals surface area contributed by atoms with E-state index >= 15 is 0 Å². The third-order valence-electron chi connectivity index (χ3n) is 8.08. The number of fused-ring (bicyclic) bond motifs is 9. The van der Waals surface area contributed by atoms with E-state index in [9.17, 15) is 0 Å². The highest BCUT2D eigenvalue weighted by Gasteiger charge is 2.14. The molecule has 1 nitrogen and oxygen atoms in total. The minimum atomic E-state index is 0.908. The molecular weight excluding hydrogens is 537 g/mol. The molecule has 41 heavy (non-hydrogen) atoms. The van der Waals surface area contributed by atoms with Gasteiger partial charge in [-0.15, -0.1) is 22.7 Å². The van der Waals surface area contributed by atoms with Gasteiger partial charge in [0.1, 0.15) is 11.2 Å². The average molecular weight is 563 g/mol. The van der Waals surface area contributed by atoms with Gasteiger partial charge in [-0.05, 0) is 96.8 Å². The highest BCUT2D eigenvalue weighted by Crippen LogP contribution is 2.43. The van der Waals surface area contributed by atoms with E-state index in [0.29, 0.717) is 0 Å². The summed E-state index contributed by atoms with van der Waals surface area (Å²) in [5.74, 6) is 0. The first kappa shape index (κ1) is 24.4. The fraction of sp³-hybridized carbons (Fsp3) is 0.0526. The predicted octanol–water partition coefficient (Wildman–Crippen LogP) is 12.4. The Bertz CT molecular complexity index is 2400. The van der Waals surface area contributed by atoms with Crippen molar-refractivity contribution in [1.82, 2.24) is 0 Å². The summed E-state index contributed by atoms with van der Waals surface area (Å²) in [6.45, 7) is 8.05. The lowest BCUT2D eigenvalue weighted by molar-refractivity contribution is 0.669. The van der Waals surface area contributed by atoms with Crippen molar-refractivity contribution in [2.75, 3.05) is 0 Å². The molecule has 0 unspecified atom stereocenters. The van der Waals surface area contributed by atoms with E-state index < -0.39 is 0 Å². The van der Waals surface area contributed by atoms with Gasteiger partial charge in [0.05, 0.1) is 0 Å². The zero-order chi connectivity index (χ0) is 27.7. The molecule has 196 valence electrons. The number of benzene rings is 5. The van der Waals surface area contributed by atoms with Gasteiger partial charge in [0, 0.05) is 51.1 Å². The Balaban J connectivity index is 1.28. The van der Waals surface area contributed by atoms with Gasteiger partial charge >= 0.3 is 0 Å². The summed E-state index contributed by atoms with van der Waals surface area (Å²) in [6, 6.07) is 31.5. The van der Waals surface area contributed by atoms with Crippen LogP contribution in [0.15, 0.2) is 120 Å². The lowest BCUT2D eigenvalue weighted by Crippen LogP contribution is -1.81. The summed E-state index contributed by atoms with van der Waals surface area (Å²) < 4.78 is 11.6. The number of rotatable bonds is 4. The molecule has 8 rings (SSSR count). The molecule has 0 spiro atoms. The van der Waals surface area contributed by atoms with Crippen LogP contribution in [0.25, 0.3) is 79.0 Å². The van der Waals surface area contributed by atoms with Crippen molar-refractivity contribution in [3.8, 4) is 11.1 Å². The van der Waals surface area contributed by atoms with Crippen molar-refractivity contribution in [3.05, 3.63) is 127 Å². The summed E-state index contributed by atoms with van der Waals surface area (Å²) in [4.78, 5) is 0. The average Bonchev–Trinajstić information content (AvgIpc) is 3.66. The van der Waals surface area contributed by atoms with Crippen LogP contribution in [0, 0.1) is 6.92 Å². The van der Waals surface area contributed by atoms with Crippen LogP contribution in [-0.4, -0.2) is 0 Å². The third-order valence-corrected chi connectivity index (χ3v) is 10.3. The van der Waals surface area contributed by atoms with Crippen LogP contribution in [0.4, 0.5) is 0 Å². The second-order valence-corrected chi connectivity index (χ2v) is 12.8. The summed E-state index contributed by atoms with van der Waals surface area (Å²) in [5, 5.41) is 7.67. The van der Waals surface area contributed by atoms with E-state index in [2.05, 4.69) is 118 Å². The quantitative estimate of drug-likeness (QED) is 0.194. The van der Waals surface area contributed by atoms with Gasteiger partial charge in [-0.3, -0.25) is 0 Å². The van der Waals surface area contributed by atoms with E-state index in [-0.39, 0.29) is 0 Å². The van der Waals surface area contributed by atoms with Gasteiger partial charge in [0.2, 0.25) is 0 Å². The molecule has 3 heterocycles. The van der Waals surface area contributed by atoms with Gasteiger partial charge in [-0.1, -0.05) is 60.7 Å². The second-order valence-electron chi connectivity index (χ2n) is 10.6. The smallest absolute Gasteiger partial charge is 0.135 e. The van der Waals surface area contributed by atoms with Crippen LogP contribution in [0.5, 0.6) is 0 Å². The number of thiophene rings is 2.